The van der Waals surface area contributed by atoms with Crippen molar-refractivity contribution < 1.29 is 4.39 Å². The number of aromatic nitrogens is 2. The van der Waals surface area contributed by atoms with Crippen molar-refractivity contribution in [3.63, 3.8) is 0 Å². The van der Waals surface area contributed by atoms with Crippen molar-refractivity contribution in [3.8, 4) is 11.3 Å². The molecule has 1 aromatic heterocycles. The number of nitrogen functional groups attached to an aromatic ring is 1. The number of benzene rings is 1. The van der Waals surface area contributed by atoms with Crippen LogP contribution >= 0.6 is 0 Å². The van der Waals surface area contributed by atoms with Gasteiger partial charge in [0.05, 0.1) is 6.33 Å². The molecule has 1 heterocycles. The Morgan fingerprint density at radius 3 is 2.62 bits per heavy atom. The normalized spacial score (nSPS) is 10.6. The highest BCUT2D eigenvalue weighted by molar-refractivity contribution is 5.70. The molecule has 0 radical (unpaired) electrons. The fraction of sp³-hybridized carbons (Fsp3) is 0.250. The van der Waals surface area contributed by atoms with Crippen molar-refractivity contribution in [1.82, 2.24) is 9.55 Å². The first-order valence-corrected chi connectivity index (χ1v) is 5.29. The Bertz CT molecular complexity index is 474. The molecule has 0 aliphatic heterocycles. The van der Waals surface area contributed by atoms with Gasteiger partial charge in [-0.1, -0.05) is 6.92 Å². The summed E-state index contributed by atoms with van der Waals surface area (Å²) in [4.78, 5) is 4.25. The standard InChI is InChI=1S/C12H14FN3/c1-2-7-16-8-15-11(12(16)14)9-3-5-10(13)6-4-9/h3-6,8H,2,7,14H2,1H3. The molecule has 0 aliphatic rings. The quantitative estimate of drug-likeness (QED) is 0.862. The summed E-state index contributed by atoms with van der Waals surface area (Å²) in [5.74, 6) is 0.378. The number of nitrogens with two attached hydrogens (primary N) is 1. The van der Waals surface area contributed by atoms with Crippen LogP contribution in [0.3, 0.4) is 0 Å². The van der Waals surface area contributed by atoms with Gasteiger partial charge in [0.2, 0.25) is 0 Å². The highest BCUT2D eigenvalue weighted by Crippen LogP contribution is 2.24. The molecular formula is C12H14FN3. The minimum Gasteiger partial charge on any atom is -0.383 e. The molecule has 2 aromatic rings. The number of hydrogen-bond donors (Lipinski definition) is 1. The van der Waals surface area contributed by atoms with Crippen LogP contribution in [-0.4, -0.2) is 9.55 Å². The topological polar surface area (TPSA) is 43.8 Å². The average molecular weight is 219 g/mol. The van der Waals surface area contributed by atoms with Gasteiger partial charge >= 0.3 is 0 Å². The molecule has 0 spiro atoms. The minimum absolute atomic E-state index is 0.254. The zero-order valence-corrected chi connectivity index (χ0v) is 9.15. The van der Waals surface area contributed by atoms with Crippen LogP contribution in [0.1, 0.15) is 13.3 Å². The zero-order valence-electron chi connectivity index (χ0n) is 9.15. The van der Waals surface area contributed by atoms with E-state index in [0.29, 0.717) is 11.5 Å². The Morgan fingerprint density at radius 1 is 1.31 bits per heavy atom. The lowest BCUT2D eigenvalue weighted by atomic mass is 10.1. The summed E-state index contributed by atoms with van der Waals surface area (Å²) in [6, 6.07) is 6.19. The van der Waals surface area contributed by atoms with E-state index in [2.05, 4.69) is 11.9 Å². The maximum absolute atomic E-state index is 12.8. The third-order valence-electron chi connectivity index (χ3n) is 2.46. The van der Waals surface area contributed by atoms with Crippen molar-refractivity contribution in [2.75, 3.05) is 5.73 Å². The first-order valence-electron chi connectivity index (χ1n) is 5.29. The van der Waals surface area contributed by atoms with E-state index in [9.17, 15) is 4.39 Å². The maximum Gasteiger partial charge on any atom is 0.131 e. The van der Waals surface area contributed by atoms with Gasteiger partial charge in [-0.3, -0.25) is 0 Å². The summed E-state index contributed by atoms with van der Waals surface area (Å²) in [6.07, 6.45) is 2.72. The first kappa shape index (κ1) is 10.7. The molecule has 0 unspecified atom stereocenters. The third-order valence-corrected chi connectivity index (χ3v) is 2.46. The summed E-state index contributed by atoms with van der Waals surface area (Å²) in [5.41, 5.74) is 7.52. The minimum atomic E-state index is -0.254. The Hall–Kier alpha value is -1.84. The molecule has 0 saturated heterocycles. The second-order valence-electron chi connectivity index (χ2n) is 3.68. The van der Waals surface area contributed by atoms with Crippen LogP contribution in [-0.2, 0) is 6.54 Å². The van der Waals surface area contributed by atoms with E-state index in [4.69, 9.17) is 5.73 Å². The Kier molecular flexibility index (Phi) is 2.90. The van der Waals surface area contributed by atoms with Gasteiger partial charge in [0.15, 0.2) is 0 Å². The monoisotopic (exact) mass is 219 g/mol. The molecule has 0 aliphatic carbocycles. The number of anilines is 1. The maximum atomic E-state index is 12.8. The molecule has 0 atom stereocenters. The molecule has 2 N–H and O–H groups in total. The van der Waals surface area contributed by atoms with E-state index in [1.165, 1.54) is 12.1 Å². The van der Waals surface area contributed by atoms with Crippen molar-refractivity contribution >= 4 is 5.82 Å². The van der Waals surface area contributed by atoms with Crippen molar-refractivity contribution in [1.29, 1.82) is 0 Å². The van der Waals surface area contributed by atoms with Gasteiger partial charge in [-0.15, -0.1) is 0 Å². The van der Waals surface area contributed by atoms with E-state index in [1.54, 1.807) is 18.5 Å². The molecule has 0 amide bonds. The van der Waals surface area contributed by atoms with Crippen LogP contribution in [0.25, 0.3) is 11.3 Å². The molecule has 0 bridgehead atoms. The Balaban J connectivity index is 2.37. The van der Waals surface area contributed by atoms with Crippen LogP contribution in [0, 0.1) is 5.82 Å². The Morgan fingerprint density at radius 2 is 2.00 bits per heavy atom. The zero-order chi connectivity index (χ0) is 11.5. The van der Waals surface area contributed by atoms with E-state index in [0.717, 1.165) is 18.5 Å². The molecule has 84 valence electrons. The van der Waals surface area contributed by atoms with E-state index >= 15 is 0 Å². The van der Waals surface area contributed by atoms with E-state index < -0.39 is 0 Å². The molecule has 0 fully saturated rings. The predicted molar refractivity (Wildman–Crippen MR) is 62.3 cm³/mol. The third kappa shape index (κ3) is 1.91. The lowest BCUT2D eigenvalue weighted by Gasteiger charge is -2.03. The predicted octanol–water partition coefficient (Wildman–Crippen LogP) is 2.68. The van der Waals surface area contributed by atoms with E-state index in [-0.39, 0.29) is 5.82 Å². The summed E-state index contributed by atoms with van der Waals surface area (Å²) in [6.45, 7) is 2.93. The number of rotatable bonds is 3. The average Bonchev–Trinajstić information content (AvgIpc) is 2.63. The largest absolute Gasteiger partial charge is 0.383 e. The second-order valence-corrected chi connectivity index (χ2v) is 3.68. The summed E-state index contributed by atoms with van der Waals surface area (Å²) >= 11 is 0. The fourth-order valence-electron chi connectivity index (χ4n) is 1.64. The van der Waals surface area contributed by atoms with Gasteiger partial charge in [-0.05, 0) is 30.7 Å². The second kappa shape index (κ2) is 4.35. The highest BCUT2D eigenvalue weighted by atomic mass is 19.1. The van der Waals surface area contributed by atoms with Gasteiger partial charge in [0, 0.05) is 12.1 Å². The molecule has 4 heteroatoms. The van der Waals surface area contributed by atoms with Crippen LogP contribution in [0.4, 0.5) is 10.2 Å². The van der Waals surface area contributed by atoms with Gasteiger partial charge in [0.1, 0.15) is 17.3 Å². The Labute approximate surface area is 93.7 Å². The lowest BCUT2D eigenvalue weighted by molar-refractivity contribution is 0.628. The summed E-state index contributed by atoms with van der Waals surface area (Å²) in [7, 11) is 0. The van der Waals surface area contributed by atoms with Gasteiger partial charge < -0.3 is 10.3 Å². The van der Waals surface area contributed by atoms with Crippen molar-refractivity contribution in [2.24, 2.45) is 0 Å². The molecular weight excluding hydrogens is 205 g/mol. The van der Waals surface area contributed by atoms with Gasteiger partial charge in [-0.25, -0.2) is 9.37 Å². The number of nitrogens with zero attached hydrogens (tertiary/aromatic N) is 2. The molecule has 1 aromatic carbocycles. The number of imidazole rings is 1. The van der Waals surface area contributed by atoms with Gasteiger partial charge in [-0.2, -0.15) is 0 Å². The SMILES string of the molecule is CCCn1cnc(-c2ccc(F)cc2)c1N. The first-order chi connectivity index (χ1) is 7.72. The number of halogens is 1. The lowest BCUT2D eigenvalue weighted by Crippen LogP contribution is -2.01. The van der Waals surface area contributed by atoms with Crippen LogP contribution in [0.2, 0.25) is 0 Å². The van der Waals surface area contributed by atoms with Crippen molar-refractivity contribution in [2.45, 2.75) is 19.9 Å². The highest BCUT2D eigenvalue weighted by Gasteiger charge is 2.08. The number of aryl methyl sites for hydroxylation is 1. The molecule has 2 rings (SSSR count). The van der Waals surface area contributed by atoms with E-state index in [1.807, 2.05) is 4.57 Å². The summed E-state index contributed by atoms with van der Waals surface area (Å²) < 4.78 is 14.7. The van der Waals surface area contributed by atoms with Crippen LogP contribution in [0.15, 0.2) is 30.6 Å². The van der Waals surface area contributed by atoms with Gasteiger partial charge in [0.25, 0.3) is 0 Å². The van der Waals surface area contributed by atoms with Crippen molar-refractivity contribution in [3.05, 3.63) is 36.4 Å². The molecule has 3 nitrogen and oxygen atoms in total. The molecule has 0 saturated carbocycles. The van der Waals surface area contributed by atoms with Crippen LogP contribution in [0.5, 0.6) is 0 Å². The number of hydrogen-bond acceptors (Lipinski definition) is 2. The smallest absolute Gasteiger partial charge is 0.131 e. The fourth-order valence-corrected chi connectivity index (χ4v) is 1.64. The summed E-state index contributed by atoms with van der Waals surface area (Å²) in [5, 5.41) is 0. The van der Waals surface area contributed by atoms with Crippen LogP contribution < -0.4 is 5.73 Å². The molecule has 16 heavy (non-hydrogen) atoms.